The Morgan fingerprint density at radius 2 is 1.92 bits per heavy atom. The Balaban J connectivity index is 1.68. The van der Waals surface area contributed by atoms with Crippen molar-refractivity contribution in [2.75, 3.05) is 23.3 Å². The van der Waals surface area contributed by atoms with Gasteiger partial charge in [0.1, 0.15) is 0 Å². The third kappa shape index (κ3) is 4.47. The number of nitrogens with one attached hydrogen (secondary N) is 2. The van der Waals surface area contributed by atoms with Gasteiger partial charge in [0, 0.05) is 25.8 Å². The normalized spacial score (nSPS) is 13.8. The summed E-state index contributed by atoms with van der Waals surface area (Å²) in [6.07, 6.45) is 4.06. The van der Waals surface area contributed by atoms with Gasteiger partial charge in [-0.05, 0) is 48.8 Å². The second-order valence-electron chi connectivity index (χ2n) is 5.71. The molecule has 132 valence electrons. The van der Waals surface area contributed by atoms with E-state index in [1.165, 1.54) is 12.8 Å². The molecule has 8 heteroatoms. The minimum atomic E-state index is 0.443. The number of hydrogen-bond donors (Lipinski definition) is 2. The van der Waals surface area contributed by atoms with Crippen LogP contribution in [0.4, 0.5) is 11.4 Å². The van der Waals surface area contributed by atoms with Crippen molar-refractivity contribution < 1.29 is 0 Å². The molecule has 2 N–H and O–H groups in total. The fourth-order valence-electron chi connectivity index (χ4n) is 2.82. The third-order valence-corrected chi connectivity index (χ3v) is 5.37. The Labute approximate surface area is 167 Å². The number of rotatable bonds is 4. The van der Waals surface area contributed by atoms with Gasteiger partial charge in [0.05, 0.1) is 21.4 Å². The number of aromatic nitrogens is 1. The van der Waals surface area contributed by atoms with Crippen LogP contribution in [0.15, 0.2) is 30.5 Å². The van der Waals surface area contributed by atoms with Gasteiger partial charge in [-0.1, -0.05) is 40.9 Å². The Morgan fingerprint density at radius 1 is 1.16 bits per heavy atom. The van der Waals surface area contributed by atoms with Gasteiger partial charge in [0.2, 0.25) is 0 Å². The van der Waals surface area contributed by atoms with E-state index >= 15 is 0 Å². The second kappa shape index (κ2) is 8.41. The van der Waals surface area contributed by atoms with Gasteiger partial charge in [-0.2, -0.15) is 0 Å². The molecule has 4 nitrogen and oxygen atoms in total. The van der Waals surface area contributed by atoms with Gasteiger partial charge in [-0.25, -0.2) is 4.98 Å². The van der Waals surface area contributed by atoms with Crippen molar-refractivity contribution in [3.8, 4) is 0 Å². The van der Waals surface area contributed by atoms with Crippen molar-refractivity contribution >= 4 is 63.5 Å². The highest BCUT2D eigenvalue weighted by atomic mass is 35.5. The molecule has 1 fully saturated rings. The first-order chi connectivity index (χ1) is 12.1. The van der Waals surface area contributed by atoms with E-state index in [-0.39, 0.29) is 0 Å². The summed E-state index contributed by atoms with van der Waals surface area (Å²) in [6.45, 7) is 2.54. The van der Waals surface area contributed by atoms with Crippen LogP contribution in [-0.4, -0.2) is 23.2 Å². The largest absolute Gasteiger partial charge is 0.369 e. The molecule has 25 heavy (non-hydrogen) atoms. The molecule has 0 saturated carbocycles. The summed E-state index contributed by atoms with van der Waals surface area (Å²) in [6, 6.07) is 7.32. The fourth-order valence-corrected chi connectivity index (χ4v) is 3.65. The fraction of sp³-hybridized carbons (Fsp3) is 0.294. The van der Waals surface area contributed by atoms with Crippen LogP contribution in [0.2, 0.25) is 15.2 Å². The van der Waals surface area contributed by atoms with Crippen LogP contribution in [0.5, 0.6) is 0 Å². The molecule has 1 saturated heterocycles. The molecule has 2 heterocycles. The van der Waals surface area contributed by atoms with Crippen LogP contribution in [0.3, 0.4) is 0 Å². The zero-order valence-corrected chi connectivity index (χ0v) is 16.4. The zero-order valence-electron chi connectivity index (χ0n) is 13.4. The van der Waals surface area contributed by atoms with E-state index in [2.05, 4.69) is 20.5 Å². The van der Waals surface area contributed by atoms with E-state index in [0.29, 0.717) is 32.5 Å². The standard InChI is InChI=1S/C17H17Cl3N4S/c18-12-4-3-5-13(14(12)19)23-17(25)22-10-11-6-7-21-16(20)15(11)24-8-1-2-9-24/h3-7H,1-2,8-10H2,(H2,22,23,25). The highest BCUT2D eigenvalue weighted by Crippen LogP contribution is 2.31. The summed E-state index contributed by atoms with van der Waals surface area (Å²) in [5.74, 6) is 0. The minimum absolute atomic E-state index is 0.443. The first-order valence-electron chi connectivity index (χ1n) is 7.93. The number of thiocarbonyl (C=S) groups is 1. The summed E-state index contributed by atoms with van der Waals surface area (Å²) in [7, 11) is 0. The van der Waals surface area contributed by atoms with Crippen molar-refractivity contribution in [2.45, 2.75) is 19.4 Å². The summed E-state index contributed by atoms with van der Waals surface area (Å²) >= 11 is 23.9. The van der Waals surface area contributed by atoms with Crippen LogP contribution in [0, 0.1) is 0 Å². The molecule has 0 unspecified atom stereocenters. The minimum Gasteiger partial charge on any atom is -0.369 e. The first kappa shape index (κ1) is 18.5. The Kier molecular flexibility index (Phi) is 6.23. The summed E-state index contributed by atoms with van der Waals surface area (Å²) in [5.41, 5.74) is 2.71. The molecule has 0 bridgehead atoms. The Morgan fingerprint density at radius 3 is 2.68 bits per heavy atom. The lowest BCUT2D eigenvalue weighted by molar-refractivity contribution is 0.885. The van der Waals surface area contributed by atoms with Crippen LogP contribution < -0.4 is 15.5 Å². The molecule has 1 aromatic heterocycles. The molecule has 2 aromatic rings. The first-order valence-corrected chi connectivity index (χ1v) is 9.47. The number of anilines is 2. The molecule has 0 spiro atoms. The molecule has 0 aliphatic carbocycles. The summed E-state index contributed by atoms with van der Waals surface area (Å²) in [4.78, 5) is 6.49. The van der Waals surface area contributed by atoms with E-state index in [9.17, 15) is 0 Å². The van der Waals surface area contributed by atoms with Crippen LogP contribution in [0.25, 0.3) is 0 Å². The van der Waals surface area contributed by atoms with Gasteiger partial charge in [-0.3, -0.25) is 0 Å². The lowest BCUT2D eigenvalue weighted by Crippen LogP contribution is -2.29. The summed E-state index contributed by atoms with van der Waals surface area (Å²) < 4.78 is 0. The monoisotopic (exact) mass is 414 g/mol. The van der Waals surface area contributed by atoms with Crippen molar-refractivity contribution in [2.24, 2.45) is 0 Å². The highest BCUT2D eigenvalue weighted by Gasteiger charge is 2.19. The zero-order chi connectivity index (χ0) is 17.8. The molecule has 0 amide bonds. The SMILES string of the molecule is S=C(NCc1ccnc(Cl)c1N1CCCC1)Nc1cccc(Cl)c1Cl. The van der Waals surface area contributed by atoms with Crippen LogP contribution >= 0.6 is 47.0 Å². The number of pyridine rings is 1. The van der Waals surface area contributed by atoms with Crippen molar-refractivity contribution in [1.29, 1.82) is 0 Å². The number of halogens is 3. The van der Waals surface area contributed by atoms with Crippen molar-refractivity contribution in [3.63, 3.8) is 0 Å². The molecule has 1 aliphatic rings. The summed E-state index contributed by atoms with van der Waals surface area (Å²) in [5, 5.41) is 8.17. The quantitative estimate of drug-likeness (QED) is 0.535. The maximum Gasteiger partial charge on any atom is 0.171 e. The van der Waals surface area contributed by atoms with Crippen molar-refractivity contribution in [3.05, 3.63) is 51.2 Å². The van der Waals surface area contributed by atoms with Gasteiger partial charge in [-0.15, -0.1) is 0 Å². The Bertz CT molecular complexity index is 778. The smallest absolute Gasteiger partial charge is 0.171 e. The van der Waals surface area contributed by atoms with Crippen molar-refractivity contribution in [1.82, 2.24) is 10.3 Å². The molecule has 0 radical (unpaired) electrons. The lowest BCUT2D eigenvalue weighted by Gasteiger charge is -2.22. The predicted octanol–water partition coefficient (Wildman–Crippen LogP) is 5.13. The number of benzene rings is 1. The highest BCUT2D eigenvalue weighted by molar-refractivity contribution is 7.80. The average Bonchev–Trinajstić information content (AvgIpc) is 3.11. The Hall–Kier alpha value is -1.27. The van der Waals surface area contributed by atoms with Crippen LogP contribution in [0.1, 0.15) is 18.4 Å². The van der Waals surface area contributed by atoms with E-state index in [1.54, 1.807) is 12.3 Å². The number of hydrogen-bond acceptors (Lipinski definition) is 3. The third-order valence-electron chi connectivity index (χ3n) is 4.02. The molecular formula is C17H17Cl3N4S. The lowest BCUT2D eigenvalue weighted by atomic mass is 10.2. The average molecular weight is 416 g/mol. The van der Waals surface area contributed by atoms with E-state index in [0.717, 1.165) is 24.3 Å². The van der Waals surface area contributed by atoms with Gasteiger partial charge in [0.25, 0.3) is 0 Å². The van der Waals surface area contributed by atoms with E-state index < -0.39 is 0 Å². The molecular weight excluding hydrogens is 399 g/mol. The number of nitrogens with zero attached hydrogens (tertiary/aromatic N) is 2. The topological polar surface area (TPSA) is 40.2 Å². The second-order valence-corrected chi connectivity index (χ2v) is 7.26. The maximum absolute atomic E-state index is 6.33. The van der Waals surface area contributed by atoms with E-state index in [1.807, 2.05) is 18.2 Å². The van der Waals surface area contributed by atoms with Gasteiger partial charge in [0.15, 0.2) is 10.3 Å². The van der Waals surface area contributed by atoms with Gasteiger partial charge >= 0.3 is 0 Å². The predicted molar refractivity (Wildman–Crippen MR) is 110 cm³/mol. The molecule has 3 rings (SSSR count). The molecule has 1 aliphatic heterocycles. The van der Waals surface area contributed by atoms with E-state index in [4.69, 9.17) is 47.0 Å². The van der Waals surface area contributed by atoms with Gasteiger partial charge < -0.3 is 15.5 Å². The molecule has 0 atom stereocenters. The van der Waals surface area contributed by atoms with Crippen LogP contribution in [-0.2, 0) is 6.54 Å². The molecule has 1 aromatic carbocycles. The maximum atomic E-state index is 6.33.